The van der Waals surface area contributed by atoms with Gasteiger partial charge in [-0.25, -0.2) is 4.98 Å². The Morgan fingerprint density at radius 1 is 1.62 bits per heavy atom. The van der Waals surface area contributed by atoms with Crippen LogP contribution in [0.3, 0.4) is 0 Å². The molecule has 1 unspecified atom stereocenters. The number of rotatable bonds is 7. The van der Waals surface area contributed by atoms with Crippen molar-refractivity contribution >= 4 is 29.0 Å². The van der Waals surface area contributed by atoms with Gasteiger partial charge in [-0.05, 0) is 24.6 Å². The Morgan fingerprint density at radius 2 is 2.43 bits per heavy atom. The van der Waals surface area contributed by atoms with E-state index in [2.05, 4.69) is 10.3 Å². The SMILES string of the molecule is CSCC(C)(O)CNC(=O)Cc1coc(-c2cccs2)n1. The molecule has 7 heteroatoms. The number of oxazole rings is 1. The molecule has 0 radical (unpaired) electrons. The molecule has 0 spiro atoms. The van der Waals surface area contributed by atoms with Crippen LogP contribution >= 0.6 is 23.1 Å². The lowest BCUT2D eigenvalue weighted by atomic mass is 10.1. The van der Waals surface area contributed by atoms with Gasteiger partial charge in [-0.2, -0.15) is 11.8 Å². The first-order valence-electron chi connectivity index (χ1n) is 6.46. The lowest BCUT2D eigenvalue weighted by molar-refractivity contribution is -0.121. The maximum atomic E-state index is 11.9. The number of carbonyl (C=O) groups is 1. The molecule has 2 rings (SSSR count). The first kappa shape index (κ1) is 16.1. The first-order valence-corrected chi connectivity index (χ1v) is 8.74. The average molecular weight is 326 g/mol. The molecule has 114 valence electrons. The monoisotopic (exact) mass is 326 g/mol. The lowest BCUT2D eigenvalue weighted by Crippen LogP contribution is -2.42. The van der Waals surface area contributed by atoms with Crippen molar-refractivity contribution in [3.05, 3.63) is 29.5 Å². The van der Waals surface area contributed by atoms with Crippen molar-refractivity contribution in [3.8, 4) is 10.8 Å². The number of aromatic nitrogens is 1. The summed E-state index contributed by atoms with van der Waals surface area (Å²) in [7, 11) is 0. The highest BCUT2D eigenvalue weighted by Crippen LogP contribution is 2.23. The number of nitrogens with zero attached hydrogens (tertiary/aromatic N) is 1. The molecule has 5 nitrogen and oxygen atoms in total. The number of amides is 1. The van der Waals surface area contributed by atoms with Gasteiger partial charge in [0.25, 0.3) is 0 Å². The normalized spacial score (nSPS) is 13.9. The highest BCUT2D eigenvalue weighted by Gasteiger charge is 2.20. The lowest BCUT2D eigenvalue weighted by Gasteiger charge is -2.22. The van der Waals surface area contributed by atoms with Crippen molar-refractivity contribution in [1.29, 1.82) is 0 Å². The van der Waals surface area contributed by atoms with Crippen LogP contribution in [0.1, 0.15) is 12.6 Å². The van der Waals surface area contributed by atoms with E-state index in [0.717, 1.165) is 4.88 Å². The number of thiophene rings is 1. The van der Waals surface area contributed by atoms with Crippen LogP contribution in [0.15, 0.2) is 28.2 Å². The van der Waals surface area contributed by atoms with Gasteiger partial charge in [-0.3, -0.25) is 4.79 Å². The third kappa shape index (κ3) is 4.87. The number of hydrogen-bond acceptors (Lipinski definition) is 6. The van der Waals surface area contributed by atoms with Crippen molar-refractivity contribution in [2.75, 3.05) is 18.6 Å². The van der Waals surface area contributed by atoms with E-state index < -0.39 is 5.60 Å². The summed E-state index contributed by atoms with van der Waals surface area (Å²) in [5.41, 5.74) is -0.318. The van der Waals surface area contributed by atoms with E-state index in [1.807, 2.05) is 23.8 Å². The number of aliphatic hydroxyl groups is 1. The van der Waals surface area contributed by atoms with E-state index in [-0.39, 0.29) is 18.9 Å². The number of thioether (sulfide) groups is 1. The maximum Gasteiger partial charge on any atom is 0.236 e. The van der Waals surface area contributed by atoms with Crippen LogP contribution < -0.4 is 5.32 Å². The van der Waals surface area contributed by atoms with Gasteiger partial charge in [0.2, 0.25) is 11.8 Å². The molecule has 0 aromatic carbocycles. The summed E-state index contributed by atoms with van der Waals surface area (Å²) in [4.78, 5) is 17.1. The molecular formula is C14H18N2O3S2. The van der Waals surface area contributed by atoms with Crippen LogP contribution in [0.4, 0.5) is 0 Å². The van der Waals surface area contributed by atoms with Crippen molar-refractivity contribution in [1.82, 2.24) is 10.3 Å². The quantitative estimate of drug-likeness (QED) is 0.815. The Hall–Kier alpha value is -1.31. The Morgan fingerprint density at radius 3 is 3.10 bits per heavy atom. The van der Waals surface area contributed by atoms with E-state index in [0.29, 0.717) is 17.3 Å². The largest absolute Gasteiger partial charge is 0.444 e. The fourth-order valence-corrected chi connectivity index (χ4v) is 3.16. The minimum Gasteiger partial charge on any atom is -0.444 e. The van der Waals surface area contributed by atoms with Crippen LogP contribution in [-0.2, 0) is 11.2 Å². The van der Waals surface area contributed by atoms with E-state index >= 15 is 0 Å². The topological polar surface area (TPSA) is 75.4 Å². The molecule has 1 atom stereocenters. The maximum absolute atomic E-state index is 11.9. The van der Waals surface area contributed by atoms with Crippen LogP contribution in [-0.4, -0.2) is 40.2 Å². The van der Waals surface area contributed by atoms with Gasteiger partial charge in [0.15, 0.2) is 0 Å². The Bertz CT molecular complexity index is 579. The van der Waals surface area contributed by atoms with E-state index in [1.54, 1.807) is 6.92 Å². The molecule has 21 heavy (non-hydrogen) atoms. The zero-order valence-electron chi connectivity index (χ0n) is 12.0. The molecule has 0 aliphatic rings. The average Bonchev–Trinajstić information content (AvgIpc) is 3.06. The van der Waals surface area contributed by atoms with Crippen molar-refractivity contribution in [2.45, 2.75) is 18.9 Å². The van der Waals surface area contributed by atoms with Crippen LogP contribution in [0, 0.1) is 0 Å². The molecule has 2 N–H and O–H groups in total. The van der Waals surface area contributed by atoms with Gasteiger partial charge in [0, 0.05) is 12.3 Å². The van der Waals surface area contributed by atoms with Gasteiger partial charge in [-0.1, -0.05) is 6.07 Å². The summed E-state index contributed by atoms with van der Waals surface area (Å²) in [6.07, 6.45) is 3.55. The third-order valence-corrected chi connectivity index (χ3v) is 4.52. The highest BCUT2D eigenvalue weighted by atomic mass is 32.2. The molecule has 2 aromatic heterocycles. The standard InChI is InChI=1S/C14H18N2O3S2/c1-14(18,9-20-2)8-15-12(17)6-10-7-19-13(16-10)11-4-3-5-21-11/h3-5,7,18H,6,8-9H2,1-2H3,(H,15,17). The number of carbonyl (C=O) groups excluding carboxylic acids is 1. The summed E-state index contributed by atoms with van der Waals surface area (Å²) >= 11 is 3.07. The van der Waals surface area contributed by atoms with Crippen molar-refractivity contribution in [3.63, 3.8) is 0 Å². The van der Waals surface area contributed by atoms with E-state index in [4.69, 9.17) is 4.42 Å². The Balaban J connectivity index is 1.86. The van der Waals surface area contributed by atoms with Gasteiger partial charge in [-0.15, -0.1) is 11.3 Å². The molecule has 0 aliphatic heterocycles. The molecular weight excluding hydrogens is 308 g/mol. The zero-order valence-corrected chi connectivity index (χ0v) is 13.6. The summed E-state index contributed by atoms with van der Waals surface area (Å²) in [5, 5.41) is 14.7. The molecule has 0 saturated heterocycles. The van der Waals surface area contributed by atoms with Gasteiger partial charge >= 0.3 is 0 Å². The summed E-state index contributed by atoms with van der Waals surface area (Å²) in [5.74, 6) is 0.921. The second kappa shape index (κ2) is 7.11. The number of nitrogens with one attached hydrogen (secondary N) is 1. The molecule has 1 amide bonds. The molecule has 0 saturated carbocycles. The predicted molar refractivity (Wildman–Crippen MR) is 85.5 cm³/mol. The molecule has 0 aliphatic carbocycles. The second-order valence-electron chi connectivity index (χ2n) is 5.00. The molecule has 0 bridgehead atoms. The van der Waals surface area contributed by atoms with E-state index in [9.17, 15) is 9.90 Å². The Labute approximate surface area is 131 Å². The van der Waals surface area contributed by atoms with Crippen molar-refractivity contribution < 1.29 is 14.3 Å². The molecule has 2 heterocycles. The predicted octanol–water partition coefficient (Wildman–Crippen LogP) is 2.18. The van der Waals surface area contributed by atoms with Crippen molar-refractivity contribution in [2.24, 2.45) is 0 Å². The smallest absolute Gasteiger partial charge is 0.236 e. The number of hydrogen-bond donors (Lipinski definition) is 2. The van der Waals surface area contributed by atoms with Gasteiger partial charge < -0.3 is 14.8 Å². The summed E-state index contributed by atoms with van der Waals surface area (Å²) in [6, 6.07) is 3.84. The minimum absolute atomic E-state index is 0.143. The summed E-state index contributed by atoms with van der Waals surface area (Å²) in [6.45, 7) is 1.93. The third-order valence-electron chi connectivity index (χ3n) is 2.75. The fourth-order valence-electron chi connectivity index (χ4n) is 1.78. The van der Waals surface area contributed by atoms with Crippen LogP contribution in [0.2, 0.25) is 0 Å². The van der Waals surface area contributed by atoms with Crippen LogP contribution in [0.5, 0.6) is 0 Å². The molecule has 2 aromatic rings. The highest BCUT2D eigenvalue weighted by molar-refractivity contribution is 7.98. The van der Waals surface area contributed by atoms with Gasteiger partial charge in [0.05, 0.1) is 22.6 Å². The van der Waals surface area contributed by atoms with Gasteiger partial charge in [0.1, 0.15) is 6.26 Å². The second-order valence-corrected chi connectivity index (χ2v) is 6.82. The summed E-state index contributed by atoms with van der Waals surface area (Å²) < 4.78 is 5.36. The van der Waals surface area contributed by atoms with E-state index in [1.165, 1.54) is 29.4 Å². The Kier molecular flexibility index (Phi) is 5.44. The first-order chi connectivity index (χ1) is 10.00. The molecule has 0 fully saturated rings. The van der Waals surface area contributed by atoms with Crippen LogP contribution in [0.25, 0.3) is 10.8 Å². The fraction of sp³-hybridized carbons (Fsp3) is 0.429. The zero-order chi connectivity index (χ0) is 15.3. The minimum atomic E-state index is -0.902.